The summed E-state index contributed by atoms with van der Waals surface area (Å²) in [5.74, 6) is -0.405. The number of fused-ring (bicyclic) bond motifs is 1. The molecule has 1 fully saturated rings. The van der Waals surface area contributed by atoms with Crippen molar-refractivity contribution in [1.82, 2.24) is 15.2 Å². The van der Waals surface area contributed by atoms with Crippen LogP contribution in [-0.2, 0) is 11.3 Å². The Kier molecular flexibility index (Phi) is 8.61. The van der Waals surface area contributed by atoms with E-state index in [0.29, 0.717) is 28.1 Å². The van der Waals surface area contributed by atoms with Gasteiger partial charge < -0.3 is 16.0 Å². The van der Waals surface area contributed by atoms with Crippen LogP contribution in [0.2, 0.25) is 0 Å². The molecular formula is C36H37N5O2. The predicted molar refractivity (Wildman–Crippen MR) is 172 cm³/mol. The number of hydrogen-bond donors (Lipinski definition) is 3. The van der Waals surface area contributed by atoms with E-state index in [9.17, 15) is 9.59 Å². The van der Waals surface area contributed by atoms with Crippen molar-refractivity contribution in [1.29, 1.82) is 0 Å². The number of amides is 2. The fourth-order valence-electron chi connectivity index (χ4n) is 5.96. The van der Waals surface area contributed by atoms with Gasteiger partial charge in [-0.05, 0) is 85.9 Å². The zero-order valence-corrected chi connectivity index (χ0v) is 24.5. The van der Waals surface area contributed by atoms with Crippen molar-refractivity contribution in [3.63, 3.8) is 0 Å². The highest BCUT2D eigenvalue weighted by atomic mass is 16.2. The van der Waals surface area contributed by atoms with Crippen LogP contribution < -0.4 is 16.0 Å². The maximum atomic E-state index is 13.5. The Morgan fingerprint density at radius 2 is 1.77 bits per heavy atom. The lowest BCUT2D eigenvalue weighted by molar-refractivity contribution is -0.110. The van der Waals surface area contributed by atoms with Gasteiger partial charge in [-0.3, -0.25) is 19.5 Å². The van der Waals surface area contributed by atoms with Crippen molar-refractivity contribution < 1.29 is 9.59 Å². The van der Waals surface area contributed by atoms with Gasteiger partial charge in [-0.25, -0.2) is 0 Å². The predicted octanol–water partition coefficient (Wildman–Crippen LogP) is 6.88. The Labute approximate surface area is 253 Å². The van der Waals surface area contributed by atoms with E-state index in [0.717, 1.165) is 42.9 Å². The standard InChI is InChI=1S/C36H37N5O2/c1-2-31(26-12-5-3-6-13-26)39-35(42)27-16-17-32-30(22-27)33(36(43)40-32)34(28-14-10-18-37-23-28)38-29-15-9-11-25(21-29)24-41-19-7-4-8-20-41/h3,5-6,9-18,21-23,31,38H,2,4,7-8,19-20,24H2,1H3,(H,39,42)(H,40,43)/b34-33-/t31-/m1/s1. The van der Waals surface area contributed by atoms with Gasteiger partial charge in [-0.15, -0.1) is 0 Å². The van der Waals surface area contributed by atoms with E-state index in [1.807, 2.05) is 48.5 Å². The number of anilines is 2. The Bertz CT molecular complexity index is 1630. The molecule has 3 heterocycles. The number of hydrogen-bond acceptors (Lipinski definition) is 5. The molecule has 2 aliphatic heterocycles. The molecule has 0 saturated carbocycles. The van der Waals surface area contributed by atoms with Crippen LogP contribution >= 0.6 is 0 Å². The van der Waals surface area contributed by atoms with Gasteiger partial charge in [0.2, 0.25) is 0 Å². The third-order valence-electron chi connectivity index (χ3n) is 8.19. The summed E-state index contributed by atoms with van der Waals surface area (Å²) in [6.07, 6.45) is 8.02. The van der Waals surface area contributed by atoms with Crippen molar-refractivity contribution in [3.05, 3.63) is 125 Å². The Hall–Kier alpha value is -4.75. The minimum Gasteiger partial charge on any atom is -0.354 e. The molecule has 4 aromatic rings. The fraction of sp³-hybridized carbons (Fsp3) is 0.250. The molecule has 7 nitrogen and oxygen atoms in total. The van der Waals surface area contributed by atoms with E-state index in [1.165, 1.54) is 24.8 Å². The summed E-state index contributed by atoms with van der Waals surface area (Å²) in [5, 5.41) is 9.72. The summed E-state index contributed by atoms with van der Waals surface area (Å²) in [7, 11) is 0. The molecule has 0 bridgehead atoms. The summed E-state index contributed by atoms with van der Waals surface area (Å²) in [6.45, 7) is 5.20. The summed E-state index contributed by atoms with van der Waals surface area (Å²) in [5.41, 5.74) is 6.94. The van der Waals surface area contributed by atoms with Crippen LogP contribution in [0.1, 0.15) is 71.3 Å². The molecule has 2 aliphatic rings. The van der Waals surface area contributed by atoms with Crippen LogP contribution in [0, 0.1) is 0 Å². The number of pyridine rings is 1. The highest BCUT2D eigenvalue weighted by Crippen LogP contribution is 2.38. The first-order valence-electron chi connectivity index (χ1n) is 15.1. The topological polar surface area (TPSA) is 86.4 Å². The summed E-state index contributed by atoms with van der Waals surface area (Å²) in [4.78, 5) is 33.8. The number of piperidine rings is 1. The minimum atomic E-state index is -0.223. The molecular weight excluding hydrogens is 534 g/mol. The van der Waals surface area contributed by atoms with E-state index >= 15 is 0 Å². The summed E-state index contributed by atoms with van der Waals surface area (Å²) in [6, 6.07) is 27.4. The summed E-state index contributed by atoms with van der Waals surface area (Å²) >= 11 is 0. The smallest absolute Gasteiger partial charge is 0.258 e. The molecule has 43 heavy (non-hydrogen) atoms. The highest BCUT2D eigenvalue weighted by Gasteiger charge is 2.30. The molecule has 1 atom stereocenters. The van der Waals surface area contributed by atoms with Gasteiger partial charge in [-0.1, -0.05) is 55.8 Å². The first-order valence-corrected chi connectivity index (χ1v) is 15.1. The normalized spacial score (nSPS) is 16.6. The average Bonchev–Trinajstić information content (AvgIpc) is 3.38. The van der Waals surface area contributed by atoms with Crippen LogP contribution in [0.25, 0.3) is 11.3 Å². The van der Waals surface area contributed by atoms with Gasteiger partial charge >= 0.3 is 0 Å². The third-order valence-corrected chi connectivity index (χ3v) is 8.19. The molecule has 1 aromatic heterocycles. The van der Waals surface area contributed by atoms with Crippen molar-refractivity contribution in [3.8, 4) is 0 Å². The number of rotatable bonds is 9. The number of carbonyl (C=O) groups excluding carboxylic acids is 2. The van der Waals surface area contributed by atoms with E-state index in [1.54, 1.807) is 30.6 Å². The minimum absolute atomic E-state index is 0.110. The number of aromatic nitrogens is 1. The van der Waals surface area contributed by atoms with Crippen molar-refractivity contribution in [2.75, 3.05) is 23.7 Å². The molecule has 0 spiro atoms. The maximum Gasteiger partial charge on any atom is 0.258 e. The first kappa shape index (κ1) is 28.4. The molecule has 218 valence electrons. The summed E-state index contributed by atoms with van der Waals surface area (Å²) < 4.78 is 0. The van der Waals surface area contributed by atoms with Crippen LogP contribution in [0.3, 0.4) is 0 Å². The van der Waals surface area contributed by atoms with Crippen LogP contribution in [0.15, 0.2) is 97.3 Å². The molecule has 1 saturated heterocycles. The molecule has 7 heteroatoms. The lowest BCUT2D eigenvalue weighted by atomic mass is 9.98. The van der Waals surface area contributed by atoms with Crippen LogP contribution in [-0.4, -0.2) is 34.8 Å². The van der Waals surface area contributed by atoms with Crippen molar-refractivity contribution in [2.24, 2.45) is 0 Å². The van der Waals surface area contributed by atoms with Gasteiger partial charge in [0, 0.05) is 47.0 Å². The Morgan fingerprint density at radius 1 is 0.930 bits per heavy atom. The number of nitrogens with one attached hydrogen (secondary N) is 3. The van der Waals surface area contributed by atoms with Crippen LogP contribution in [0.5, 0.6) is 0 Å². The van der Waals surface area contributed by atoms with Crippen molar-refractivity contribution >= 4 is 34.5 Å². The number of carbonyl (C=O) groups is 2. The van der Waals surface area contributed by atoms with E-state index in [4.69, 9.17) is 0 Å². The second kappa shape index (κ2) is 13.0. The molecule has 6 rings (SSSR count). The average molecular weight is 572 g/mol. The van der Waals surface area contributed by atoms with Gasteiger partial charge in [0.1, 0.15) is 0 Å². The van der Waals surface area contributed by atoms with Gasteiger partial charge in [0.15, 0.2) is 0 Å². The second-order valence-electron chi connectivity index (χ2n) is 11.2. The van der Waals surface area contributed by atoms with Crippen molar-refractivity contribution in [2.45, 2.75) is 45.2 Å². The lowest BCUT2D eigenvalue weighted by Crippen LogP contribution is -2.29. The quantitative estimate of drug-likeness (QED) is 0.191. The third kappa shape index (κ3) is 6.52. The Balaban J connectivity index is 1.34. The zero-order valence-electron chi connectivity index (χ0n) is 24.5. The number of benzene rings is 3. The monoisotopic (exact) mass is 571 g/mol. The van der Waals surface area contributed by atoms with Crippen LogP contribution in [0.4, 0.5) is 11.4 Å². The highest BCUT2D eigenvalue weighted by molar-refractivity contribution is 6.37. The lowest BCUT2D eigenvalue weighted by Gasteiger charge is -2.26. The molecule has 0 unspecified atom stereocenters. The SMILES string of the molecule is CC[C@@H](NC(=O)c1ccc2c(c1)/C(=C(/Nc1cccc(CN3CCCCC3)c1)c1cccnc1)C(=O)N2)c1ccccc1. The van der Waals surface area contributed by atoms with E-state index < -0.39 is 0 Å². The zero-order chi connectivity index (χ0) is 29.6. The van der Waals surface area contributed by atoms with Gasteiger partial charge in [-0.2, -0.15) is 0 Å². The largest absolute Gasteiger partial charge is 0.354 e. The molecule has 0 radical (unpaired) electrons. The molecule has 0 aliphatic carbocycles. The molecule has 3 N–H and O–H groups in total. The fourth-order valence-corrected chi connectivity index (χ4v) is 5.96. The number of nitrogens with zero attached hydrogens (tertiary/aromatic N) is 2. The maximum absolute atomic E-state index is 13.5. The van der Waals surface area contributed by atoms with Gasteiger partial charge in [0.05, 0.1) is 17.3 Å². The number of likely N-dealkylation sites (tertiary alicyclic amines) is 1. The van der Waals surface area contributed by atoms with E-state index in [2.05, 4.69) is 51.0 Å². The molecule has 3 aromatic carbocycles. The second-order valence-corrected chi connectivity index (χ2v) is 11.2. The van der Waals surface area contributed by atoms with Gasteiger partial charge in [0.25, 0.3) is 11.8 Å². The molecule has 2 amide bonds. The Morgan fingerprint density at radius 3 is 2.53 bits per heavy atom. The first-order chi connectivity index (χ1) is 21.1. The van der Waals surface area contributed by atoms with E-state index in [-0.39, 0.29) is 17.9 Å².